The predicted molar refractivity (Wildman–Crippen MR) is 77.3 cm³/mol. The fourth-order valence-corrected chi connectivity index (χ4v) is 1.70. The zero-order valence-electron chi connectivity index (χ0n) is 12.4. The highest BCUT2D eigenvalue weighted by molar-refractivity contribution is 5.94. The summed E-state index contributed by atoms with van der Waals surface area (Å²) in [6.07, 6.45) is 1.38. The number of rotatable bonds is 6. The quantitative estimate of drug-likeness (QED) is 0.784. The van der Waals surface area contributed by atoms with E-state index in [1.807, 2.05) is 13.8 Å². The fourth-order valence-electron chi connectivity index (χ4n) is 1.70. The second-order valence-electron chi connectivity index (χ2n) is 5.05. The first-order chi connectivity index (χ1) is 10.6. The van der Waals surface area contributed by atoms with E-state index in [0.29, 0.717) is 18.2 Å². The fraction of sp³-hybridized carbons (Fsp3) is 0.357. The van der Waals surface area contributed by atoms with Gasteiger partial charge in [0.25, 0.3) is 5.91 Å². The molecular weight excluding hydrogens is 286 g/mol. The minimum absolute atomic E-state index is 0.284. The Hall–Kier alpha value is -2.77. The molecule has 8 nitrogen and oxygen atoms in total. The normalized spacial score (nSPS) is 10.5. The Bertz CT molecular complexity index is 640. The van der Waals surface area contributed by atoms with E-state index in [-0.39, 0.29) is 18.1 Å². The molecule has 1 aromatic carbocycles. The van der Waals surface area contributed by atoms with Gasteiger partial charge >= 0.3 is 5.97 Å². The molecule has 1 N–H and O–H groups in total. The second-order valence-corrected chi connectivity index (χ2v) is 5.05. The van der Waals surface area contributed by atoms with Gasteiger partial charge < -0.3 is 10.1 Å². The van der Waals surface area contributed by atoms with Crippen molar-refractivity contribution in [1.82, 2.24) is 25.5 Å². The maximum atomic E-state index is 12.1. The smallest absolute Gasteiger partial charge is 0.340 e. The zero-order valence-corrected chi connectivity index (χ0v) is 12.4. The summed E-state index contributed by atoms with van der Waals surface area (Å²) in [4.78, 5) is 23.7. The molecule has 0 bridgehead atoms. The predicted octanol–water partition coefficient (Wildman–Crippen LogP) is 0.591. The average molecular weight is 303 g/mol. The van der Waals surface area contributed by atoms with Crippen molar-refractivity contribution in [3.05, 3.63) is 36.2 Å². The molecule has 0 aliphatic carbocycles. The van der Waals surface area contributed by atoms with Gasteiger partial charge in [0.2, 0.25) is 0 Å². The van der Waals surface area contributed by atoms with Crippen molar-refractivity contribution in [2.24, 2.45) is 5.92 Å². The van der Waals surface area contributed by atoms with Crippen LogP contribution in [0.3, 0.4) is 0 Å². The molecule has 2 rings (SSSR count). The van der Waals surface area contributed by atoms with Crippen molar-refractivity contribution in [2.45, 2.75) is 13.8 Å². The molecule has 0 radical (unpaired) electrons. The van der Waals surface area contributed by atoms with E-state index in [1.165, 1.54) is 11.0 Å². The van der Waals surface area contributed by atoms with Crippen LogP contribution in [0.4, 0.5) is 0 Å². The summed E-state index contributed by atoms with van der Waals surface area (Å²) in [5.41, 5.74) is 0.770. The number of nitrogens with zero attached hydrogens (tertiary/aromatic N) is 4. The topological polar surface area (TPSA) is 99.0 Å². The molecule has 8 heteroatoms. The van der Waals surface area contributed by atoms with Crippen molar-refractivity contribution >= 4 is 11.9 Å². The van der Waals surface area contributed by atoms with Gasteiger partial charge in [0.15, 0.2) is 6.61 Å². The van der Waals surface area contributed by atoms with Gasteiger partial charge in [0.05, 0.1) is 11.3 Å². The third-order valence-electron chi connectivity index (χ3n) is 2.76. The summed E-state index contributed by atoms with van der Waals surface area (Å²) in [5.74, 6) is -0.604. The maximum Gasteiger partial charge on any atom is 0.340 e. The van der Waals surface area contributed by atoms with Crippen LogP contribution in [-0.2, 0) is 9.53 Å². The zero-order chi connectivity index (χ0) is 15.9. The SMILES string of the molecule is CC(C)CNC(=O)COC(=O)c1ccccc1-n1cnnn1. The van der Waals surface area contributed by atoms with Crippen molar-refractivity contribution in [3.63, 3.8) is 0 Å². The van der Waals surface area contributed by atoms with Crippen LogP contribution in [0.25, 0.3) is 5.69 Å². The number of hydrogen-bond donors (Lipinski definition) is 1. The Morgan fingerprint density at radius 2 is 2.09 bits per heavy atom. The highest BCUT2D eigenvalue weighted by Gasteiger charge is 2.16. The van der Waals surface area contributed by atoms with E-state index in [1.54, 1.807) is 24.3 Å². The lowest BCUT2D eigenvalue weighted by Gasteiger charge is -2.10. The molecule has 0 fully saturated rings. The van der Waals surface area contributed by atoms with Crippen molar-refractivity contribution in [1.29, 1.82) is 0 Å². The number of carbonyl (C=O) groups excluding carboxylic acids is 2. The van der Waals surface area contributed by atoms with E-state index < -0.39 is 5.97 Å². The van der Waals surface area contributed by atoms with E-state index >= 15 is 0 Å². The van der Waals surface area contributed by atoms with Crippen LogP contribution in [-0.4, -0.2) is 45.2 Å². The Balaban J connectivity index is 2.00. The maximum absolute atomic E-state index is 12.1. The average Bonchev–Trinajstić information content (AvgIpc) is 3.04. The Morgan fingerprint density at radius 1 is 1.32 bits per heavy atom. The van der Waals surface area contributed by atoms with Gasteiger partial charge in [-0.1, -0.05) is 26.0 Å². The van der Waals surface area contributed by atoms with Crippen LogP contribution < -0.4 is 5.32 Å². The lowest BCUT2D eigenvalue weighted by molar-refractivity contribution is -0.124. The standard InChI is InChI=1S/C14H17N5O3/c1-10(2)7-15-13(20)8-22-14(21)11-5-3-4-6-12(11)19-9-16-17-18-19/h3-6,9-10H,7-8H2,1-2H3,(H,15,20). The molecule has 1 heterocycles. The van der Waals surface area contributed by atoms with Crippen LogP contribution >= 0.6 is 0 Å². The van der Waals surface area contributed by atoms with Crippen molar-refractivity contribution in [2.75, 3.05) is 13.2 Å². The Labute approximate surface area is 127 Å². The molecule has 0 saturated carbocycles. The number of hydrogen-bond acceptors (Lipinski definition) is 6. The largest absolute Gasteiger partial charge is 0.452 e. The minimum atomic E-state index is -0.606. The highest BCUT2D eigenvalue weighted by Crippen LogP contribution is 2.13. The molecule has 22 heavy (non-hydrogen) atoms. The highest BCUT2D eigenvalue weighted by atomic mass is 16.5. The first-order valence-electron chi connectivity index (χ1n) is 6.84. The molecule has 0 saturated heterocycles. The number of benzene rings is 1. The molecule has 0 aliphatic heterocycles. The summed E-state index contributed by atoms with van der Waals surface area (Å²) in [7, 11) is 0. The van der Waals surface area contributed by atoms with Crippen molar-refractivity contribution in [3.8, 4) is 5.69 Å². The summed E-state index contributed by atoms with van der Waals surface area (Å²) < 4.78 is 6.38. The van der Waals surface area contributed by atoms with Crippen LogP contribution in [0.1, 0.15) is 24.2 Å². The number of amides is 1. The Kier molecular flexibility index (Phi) is 5.18. The summed E-state index contributed by atoms with van der Waals surface area (Å²) in [5, 5.41) is 13.5. The van der Waals surface area contributed by atoms with Crippen LogP contribution in [0.2, 0.25) is 0 Å². The third-order valence-corrected chi connectivity index (χ3v) is 2.76. The van der Waals surface area contributed by atoms with Crippen molar-refractivity contribution < 1.29 is 14.3 Å². The summed E-state index contributed by atoms with van der Waals surface area (Å²) >= 11 is 0. The molecule has 1 aromatic heterocycles. The lowest BCUT2D eigenvalue weighted by Crippen LogP contribution is -2.31. The second kappa shape index (κ2) is 7.30. The number of esters is 1. The van der Waals surface area contributed by atoms with Gasteiger partial charge in [-0.2, -0.15) is 4.68 Å². The molecule has 1 amide bonds. The van der Waals surface area contributed by atoms with Crippen LogP contribution in [0, 0.1) is 5.92 Å². The summed E-state index contributed by atoms with van der Waals surface area (Å²) in [6.45, 7) is 4.18. The molecule has 0 spiro atoms. The number of aromatic nitrogens is 4. The number of nitrogens with one attached hydrogen (secondary N) is 1. The first-order valence-corrected chi connectivity index (χ1v) is 6.84. The summed E-state index contributed by atoms with van der Waals surface area (Å²) in [6, 6.07) is 6.73. The minimum Gasteiger partial charge on any atom is -0.452 e. The first kappa shape index (κ1) is 15.6. The molecule has 116 valence electrons. The number of ether oxygens (including phenoxy) is 1. The van der Waals surface area contributed by atoms with Gasteiger partial charge in [-0.15, -0.1) is 5.10 Å². The number of para-hydroxylation sites is 1. The molecule has 2 aromatic rings. The van der Waals surface area contributed by atoms with Gasteiger partial charge in [-0.05, 0) is 28.5 Å². The van der Waals surface area contributed by atoms with Gasteiger partial charge in [0, 0.05) is 6.54 Å². The third kappa shape index (κ3) is 4.11. The number of carbonyl (C=O) groups is 2. The van der Waals surface area contributed by atoms with E-state index in [2.05, 4.69) is 20.8 Å². The Morgan fingerprint density at radius 3 is 2.77 bits per heavy atom. The van der Waals surface area contributed by atoms with E-state index in [9.17, 15) is 9.59 Å². The molecule has 0 unspecified atom stereocenters. The molecule has 0 atom stereocenters. The van der Waals surface area contributed by atoms with E-state index in [4.69, 9.17) is 4.74 Å². The van der Waals surface area contributed by atoms with Gasteiger partial charge in [-0.3, -0.25) is 4.79 Å². The van der Waals surface area contributed by atoms with Crippen LogP contribution in [0.15, 0.2) is 30.6 Å². The lowest BCUT2D eigenvalue weighted by atomic mass is 10.2. The van der Waals surface area contributed by atoms with E-state index in [0.717, 1.165) is 0 Å². The van der Waals surface area contributed by atoms with Gasteiger partial charge in [-0.25, -0.2) is 4.79 Å². The monoisotopic (exact) mass is 303 g/mol. The van der Waals surface area contributed by atoms with Gasteiger partial charge in [0.1, 0.15) is 6.33 Å². The molecule has 0 aliphatic rings. The molecular formula is C14H17N5O3. The number of tetrazole rings is 1. The van der Waals surface area contributed by atoms with Crippen LogP contribution in [0.5, 0.6) is 0 Å².